The molecule has 4 heteroatoms. The lowest BCUT2D eigenvalue weighted by Crippen LogP contribution is -1.94. The Morgan fingerprint density at radius 2 is 1.83 bits per heavy atom. The van der Waals surface area contributed by atoms with Crippen molar-refractivity contribution >= 4 is 21.6 Å². The Labute approximate surface area is 114 Å². The van der Waals surface area contributed by atoms with E-state index in [9.17, 15) is 10.1 Å². The molecule has 0 aliphatic rings. The number of hydrogen-bond acceptors (Lipinski definition) is 2. The topological polar surface area (TPSA) is 43.1 Å². The van der Waals surface area contributed by atoms with Gasteiger partial charge in [0, 0.05) is 10.5 Å². The largest absolute Gasteiger partial charge is 0.277 e. The fraction of sp³-hybridized carbons (Fsp3) is 0.143. The Bertz CT molecular complexity index is 579. The Balaban J connectivity index is 2.56. The molecule has 0 spiro atoms. The van der Waals surface area contributed by atoms with Crippen molar-refractivity contribution < 1.29 is 4.92 Å². The highest BCUT2D eigenvalue weighted by Crippen LogP contribution is 2.31. The first-order valence-electron chi connectivity index (χ1n) is 5.65. The van der Waals surface area contributed by atoms with Crippen LogP contribution in [0.15, 0.2) is 46.9 Å². The molecular weight excluding hydrogens is 294 g/mol. The van der Waals surface area contributed by atoms with Crippen LogP contribution in [0.3, 0.4) is 0 Å². The predicted octanol–water partition coefficient (Wildman–Crippen LogP) is 4.59. The van der Waals surface area contributed by atoms with Gasteiger partial charge in [0.15, 0.2) is 0 Å². The van der Waals surface area contributed by atoms with Gasteiger partial charge < -0.3 is 0 Å². The molecule has 18 heavy (non-hydrogen) atoms. The molecule has 0 amide bonds. The average Bonchev–Trinajstić information content (AvgIpc) is 2.39. The molecule has 0 saturated heterocycles. The Morgan fingerprint density at radius 3 is 2.39 bits per heavy atom. The lowest BCUT2D eigenvalue weighted by atomic mass is 10.0. The van der Waals surface area contributed by atoms with E-state index < -0.39 is 0 Å². The fourth-order valence-corrected chi connectivity index (χ4v) is 2.09. The van der Waals surface area contributed by atoms with E-state index in [1.165, 1.54) is 0 Å². The van der Waals surface area contributed by atoms with E-state index >= 15 is 0 Å². The van der Waals surface area contributed by atoms with Crippen LogP contribution >= 0.6 is 15.9 Å². The van der Waals surface area contributed by atoms with Crippen molar-refractivity contribution in [1.29, 1.82) is 0 Å². The normalized spacial score (nSPS) is 10.3. The summed E-state index contributed by atoms with van der Waals surface area (Å²) in [5, 5.41) is 11.1. The first-order chi connectivity index (χ1) is 8.61. The highest BCUT2D eigenvalue weighted by Gasteiger charge is 2.15. The monoisotopic (exact) mass is 305 g/mol. The highest BCUT2D eigenvalue weighted by atomic mass is 79.9. The predicted molar refractivity (Wildman–Crippen MR) is 75.6 cm³/mol. The van der Waals surface area contributed by atoms with Crippen LogP contribution in [0.5, 0.6) is 0 Å². The first kappa shape index (κ1) is 12.8. The molecule has 0 atom stereocenters. The van der Waals surface area contributed by atoms with Crippen LogP contribution in [0.25, 0.3) is 11.1 Å². The molecule has 0 aromatic heterocycles. The molecule has 0 heterocycles. The molecule has 0 radical (unpaired) electrons. The molecule has 0 aliphatic heterocycles. The number of benzene rings is 2. The third kappa shape index (κ3) is 2.59. The maximum absolute atomic E-state index is 11.1. The highest BCUT2D eigenvalue weighted by molar-refractivity contribution is 9.10. The summed E-state index contributed by atoms with van der Waals surface area (Å²) in [6.07, 6.45) is 0.793. The number of aryl methyl sites for hydroxylation is 1. The maximum Gasteiger partial charge on any atom is 0.277 e. The van der Waals surface area contributed by atoms with Gasteiger partial charge in [0.1, 0.15) is 0 Å². The van der Waals surface area contributed by atoms with Crippen LogP contribution in [-0.4, -0.2) is 4.92 Å². The molecule has 0 unspecified atom stereocenters. The third-order valence-corrected chi connectivity index (χ3v) is 3.35. The third-order valence-electron chi connectivity index (χ3n) is 2.82. The van der Waals surface area contributed by atoms with Crippen molar-refractivity contribution in [3.05, 3.63) is 62.6 Å². The molecule has 0 fully saturated rings. The van der Waals surface area contributed by atoms with Crippen LogP contribution in [-0.2, 0) is 6.42 Å². The Kier molecular flexibility index (Phi) is 3.77. The summed E-state index contributed by atoms with van der Waals surface area (Å²) >= 11 is 3.35. The van der Waals surface area contributed by atoms with Crippen LogP contribution in [0.2, 0.25) is 0 Å². The smallest absolute Gasteiger partial charge is 0.258 e. The molecule has 0 bridgehead atoms. The van der Waals surface area contributed by atoms with Crippen LogP contribution < -0.4 is 0 Å². The molecule has 3 nitrogen and oxygen atoms in total. The van der Waals surface area contributed by atoms with Crippen molar-refractivity contribution in [3.63, 3.8) is 0 Å². The zero-order valence-electron chi connectivity index (χ0n) is 9.89. The van der Waals surface area contributed by atoms with E-state index in [1.807, 2.05) is 43.3 Å². The summed E-state index contributed by atoms with van der Waals surface area (Å²) in [7, 11) is 0. The van der Waals surface area contributed by atoms with Gasteiger partial charge in [-0.05, 0) is 35.7 Å². The van der Waals surface area contributed by atoms with Crippen LogP contribution in [0.1, 0.15) is 12.5 Å². The molecule has 2 rings (SSSR count). The second-order valence-corrected chi connectivity index (χ2v) is 4.88. The lowest BCUT2D eigenvalue weighted by molar-refractivity contribution is -0.384. The van der Waals surface area contributed by atoms with Crippen LogP contribution in [0, 0.1) is 10.1 Å². The molecule has 92 valence electrons. The lowest BCUT2D eigenvalue weighted by Gasteiger charge is -2.05. The SMILES string of the molecule is CCc1ccc(-c2ccc(Br)cc2)c([N+](=O)[O-])c1. The van der Waals surface area contributed by atoms with Gasteiger partial charge in [-0.1, -0.05) is 41.1 Å². The van der Waals surface area contributed by atoms with Gasteiger partial charge in [0.25, 0.3) is 5.69 Å². The molecule has 2 aromatic rings. The zero-order valence-corrected chi connectivity index (χ0v) is 11.5. The van der Waals surface area contributed by atoms with Gasteiger partial charge in [-0.15, -0.1) is 0 Å². The molecule has 0 aliphatic carbocycles. The van der Waals surface area contributed by atoms with Gasteiger partial charge >= 0.3 is 0 Å². The molecule has 0 saturated carbocycles. The fourth-order valence-electron chi connectivity index (χ4n) is 1.82. The van der Waals surface area contributed by atoms with Gasteiger partial charge in [0.2, 0.25) is 0 Å². The van der Waals surface area contributed by atoms with E-state index in [1.54, 1.807) is 6.07 Å². The number of nitrogens with zero attached hydrogens (tertiary/aromatic N) is 1. The van der Waals surface area contributed by atoms with E-state index in [0.717, 1.165) is 22.0 Å². The van der Waals surface area contributed by atoms with E-state index in [2.05, 4.69) is 15.9 Å². The minimum atomic E-state index is -0.323. The quantitative estimate of drug-likeness (QED) is 0.615. The number of halogens is 1. The van der Waals surface area contributed by atoms with Gasteiger partial charge in [-0.3, -0.25) is 10.1 Å². The number of nitro benzene ring substituents is 1. The standard InChI is InChI=1S/C14H12BrNO2/c1-2-10-3-8-13(14(9-10)16(17)18)11-4-6-12(15)7-5-11/h3-9H,2H2,1H3. The van der Waals surface area contributed by atoms with E-state index in [4.69, 9.17) is 0 Å². The summed E-state index contributed by atoms with van der Waals surface area (Å²) in [6.45, 7) is 1.98. The van der Waals surface area contributed by atoms with Crippen molar-refractivity contribution in [2.75, 3.05) is 0 Å². The number of hydrogen-bond donors (Lipinski definition) is 0. The number of nitro groups is 1. The van der Waals surface area contributed by atoms with Crippen molar-refractivity contribution in [2.45, 2.75) is 13.3 Å². The summed E-state index contributed by atoms with van der Waals surface area (Å²) in [5.74, 6) is 0. The minimum absolute atomic E-state index is 0.164. The van der Waals surface area contributed by atoms with Gasteiger partial charge in [-0.25, -0.2) is 0 Å². The van der Waals surface area contributed by atoms with Gasteiger partial charge in [-0.2, -0.15) is 0 Å². The van der Waals surface area contributed by atoms with Crippen LogP contribution in [0.4, 0.5) is 5.69 Å². The van der Waals surface area contributed by atoms with E-state index in [0.29, 0.717) is 5.56 Å². The molecule has 2 aromatic carbocycles. The minimum Gasteiger partial charge on any atom is -0.258 e. The molecule has 0 N–H and O–H groups in total. The first-order valence-corrected chi connectivity index (χ1v) is 6.44. The zero-order chi connectivity index (χ0) is 13.1. The second-order valence-electron chi connectivity index (χ2n) is 3.97. The molecular formula is C14H12BrNO2. The van der Waals surface area contributed by atoms with Crippen molar-refractivity contribution in [3.8, 4) is 11.1 Å². The Hall–Kier alpha value is -1.68. The summed E-state index contributed by atoms with van der Waals surface area (Å²) < 4.78 is 0.957. The summed E-state index contributed by atoms with van der Waals surface area (Å²) in [4.78, 5) is 10.8. The van der Waals surface area contributed by atoms with E-state index in [-0.39, 0.29) is 10.6 Å². The average molecular weight is 306 g/mol. The van der Waals surface area contributed by atoms with Crippen molar-refractivity contribution in [1.82, 2.24) is 0 Å². The second kappa shape index (κ2) is 5.31. The van der Waals surface area contributed by atoms with Gasteiger partial charge in [0.05, 0.1) is 10.5 Å². The Morgan fingerprint density at radius 1 is 1.17 bits per heavy atom. The summed E-state index contributed by atoms with van der Waals surface area (Å²) in [6, 6.07) is 12.9. The summed E-state index contributed by atoms with van der Waals surface area (Å²) in [5.41, 5.74) is 2.65. The maximum atomic E-state index is 11.1. The van der Waals surface area contributed by atoms with Crippen molar-refractivity contribution in [2.24, 2.45) is 0 Å². The number of rotatable bonds is 3.